The first-order valence-corrected chi connectivity index (χ1v) is 10.1. The number of carbonyl (C=O) groups excluding carboxylic acids is 1. The molecule has 100 valence electrons. The van der Waals surface area contributed by atoms with Gasteiger partial charge in [0, 0.05) is 8.07 Å². The molecule has 1 aromatic carbocycles. The van der Waals surface area contributed by atoms with E-state index >= 15 is 0 Å². The average molecular weight is 272 g/mol. The summed E-state index contributed by atoms with van der Waals surface area (Å²) in [5.74, 6) is 5.35. The van der Waals surface area contributed by atoms with Crippen LogP contribution in [0.1, 0.15) is 10.4 Å². The molecule has 0 bridgehead atoms. The van der Waals surface area contributed by atoms with Crippen LogP contribution in [-0.4, -0.2) is 20.7 Å². The zero-order valence-electron chi connectivity index (χ0n) is 11.8. The molecule has 0 N–H and O–H groups in total. The van der Waals surface area contributed by atoms with E-state index < -0.39 is 8.07 Å². The fraction of sp³-hybridized carbons (Fsp3) is 0.312. The molecule has 0 heterocycles. The Balaban J connectivity index is 2.30. The van der Waals surface area contributed by atoms with Crippen LogP contribution in [0.15, 0.2) is 42.5 Å². The van der Waals surface area contributed by atoms with Crippen LogP contribution in [-0.2, 0) is 4.74 Å². The van der Waals surface area contributed by atoms with E-state index in [1.54, 1.807) is 24.3 Å². The Labute approximate surface area is 116 Å². The first-order chi connectivity index (χ1) is 8.99. The molecule has 0 fully saturated rings. The number of benzene rings is 1. The van der Waals surface area contributed by atoms with Crippen molar-refractivity contribution in [3.05, 3.63) is 48.0 Å². The quantitative estimate of drug-likeness (QED) is 0.474. The van der Waals surface area contributed by atoms with Gasteiger partial charge >= 0.3 is 5.97 Å². The van der Waals surface area contributed by atoms with E-state index in [4.69, 9.17) is 4.74 Å². The van der Waals surface area contributed by atoms with Crippen molar-refractivity contribution < 1.29 is 9.53 Å². The molecule has 0 aromatic heterocycles. The van der Waals surface area contributed by atoms with E-state index in [1.807, 2.05) is 12.1 Å². The fourth-order valence-corrected chi connectivity index (χ4v) is 2.16. The van der Waals surface area contributed by atoms with Crippen molar-refractivity contribution in [3.63, 3.8) is 0 Å². The Hall–Kier alpha value is -1.79. The summed E-state index contributed by atoms with van der Waals surface area (Å²) in [6, 6.07) is 10.0. The Kier molecular flexibility index (Phi) is 6.11. The van der Waals surface area contributed by atoms with Crippen LogP contribution in [0.5, 0.6) is 0 Å². The topological polar surface area (TPSA) is 26.3 Å². The summed E-state index contributed by atoms with van der Waals surface area (Å²) in [6.07, 6.45) is 3.94. The molecule has 1 rings (SSSR count). The van der Waals surface area contributed by atoms with Crippen LogP contribution in [0.3, 0.4) is 0 Å². The minimum Gasteiger partial charge on any atom is -0.449 e. The van der Waals surface area contributed by atoms with Crippen molar-refractivity contribution >= 4 is 14.0 Å². The summed E-state index contributed by atoms with van der Waals surface area (Å²) in [5, 5.41) is 0. The van der Waals surface area contributed by atoms with Crippen LogP contribution in [0, 0.1) is 11.8 Å². The van der Waals surface area contributed by atoms with Crippen LogP contribution in [0.4, 0.5) is 0 Å². The second-order valence-electron chi connectivity index (χ2n) is 5.43. The van der Waals surface area contributed by atoms with E-state index in [0.717, 1.165) is 6.04 Å². The number of hydrogen-bond acceptors (Lipinski definition) is 2. The number of hydrogen-bond donors (Lipinski definition) is 0. The summed E-state index contributed by atoms with van der Waals surface area (Å²) in [7, 11) is -1.03. The lowest BCUT2D eigenvalue weighted by Crippen LogP contribution is -2.17. The largest absolute Gasteiger partial charge is 0.449 e. The molecule has 0 saturated heterocycles. The van der Waals surface area contributed by atoms with Gasteiger partial charge < -0.3 is 4.74 Å². The van der Waals surface area contributed by atoms with Crippen molar-refractivity contribution in [2.24, 2.45) is 0 Å². The molecule has 0 saturated carbocycles. The molecule has 0 spiro atoms. The second kappa shape index (κ2) is 7.60. The minimum absolute atomic E-state index is 0.130. The Morgan fingerprint density at radius 1 is 1.26 bits per heavy atom. The van der Waals surface area contributed by atoms with Gasteiger partial charge in [0.15, 0.2) is 6.61 Å². The minimum atomic E-state index is -1.03. The van der Waals surface area contributed by atoms with Crippen LogP contribution < -0.4 is 0 Å². The third-order valence-electron chi connectivity index (χ3n) is 2.32. The van der Waals surface area contributed by atoms with E-state index in [9.17, 15) is 4.79 Å². The van der Waals surface area contributed by atoms with Crippen molar-refractivity contribution in [1.82, 2.24) is 0 Å². The first kappa shape index (κ1) is 15.3. The highest BCUT2D eigenvalue weighted by Crippen LogP contribution is 2.07. The van der Waals surface area contributed by atoms with Crippen molar-refractivity contribution in [2.45, 2.75) is 25.7 Å². The smallest absolute Gasteiger partial charge is 0.339 e. The van der Waals surface area contributed by atoms with Crippen LogP contribution in [0.2, 0.25) is 25.7 Å². The normalized spacial score (nSPS) is 10.9. The number of allylic oxidation sites excluding steroid dienone is 2. The molecule has 2 nitrogen and oxygen atoms in total. The summed E-state index contributed by atoms with van der Waals surface area (Å²) in [6.45, 7) is 7.07. The van der Waals surface area contributed by atoms with Crippen molar-refractivity contribution in [2.75, 3.05) is 6.61 Å². The van der Waals surface area contributed by atoms with Crippen molar-refractivity contribution in [1.29, 1.82) is 0 Å². The number of esters is 1. The average Bonchev–Trinajstić information content (AvgIpc) is 2.37. The molecular formula is C16H20O2Si. The summed E-state index contributed by atoms with van der Waals surface area (Å²) in [4.78, 5) is 11.6. The van der Waals surface area contributed by atoms with Crippen LogP contribution >= 0.6 is 0 Å². The van der Waals surface area contributed by atoms with Gasteiger partial charge in [-0.3, -0.25) is 0 Å². The molecule has 0 atom stereocenters. The van der Waals surface area contributed by atoms with Crippen LogP contribution in [0.25, 0.3) is 0 Å². The standard InChI is InChI=1S/C16H20O2Si/c1-19(2,3)14-10-5-4-9-13-18-16(17)15-11-7-6-8-12-15/h5-8,10-12H,13-14H2,1-3H3/b10-5-. The predicted octanol–water partition coefficient (Wildman–Crippen LogP) is 3.74. The Morgan fingerprint density at radius 3 is 2.58 bits per heavy atom. The predicted molar refractivity (Wildman–Crippen MR) is 81.8 cm³/mol. The van der Waals surface area contributed by atoms with Gasteiger partial charge in [-0.25, -0.2) is 4.79 Å². The highest BCUT2D eigenvalue weighted by atomic mass is 28.3. The first-order valence-electron chi connectivity index (χ1n) is 6.34. The van der Waals surface area contributed by atoms with Gasteiger partial charge in [-0.1, -0.05) is 55.8 Å². The number of ether oxygens (including phenoxy) is 1. The number of carbonyl (C=O) groups is 1. The third kappa shape index (κ3) is 7.27. The molecule has 0 aliphatic carbocycles. The monoisotopic (exact) mass is 272 g/mol. The van der Waals surface area contributed by atoms with E-state index in [-0.39, 0.29) is 12.6 Å². The summed E-state index contributed by atoms with van der Waals surface area (Å²) in [5.41, 5.74) is 0.554. The maximum Gasteiger partial charge on any atom is 0.339 e. The lowest BCUT2D eigenvalue weighted by atomic mass is 10.2. The summed E-state index contributed by atoms with van der Waals surface area (Å²) < 4.78 is 5.04. The third-order valence-corrected chi connectivity index (χ3v) is 3.78. The van der Waals surface area contributed by atoms with Gasteiger partial charge in [-0.05, 0) is 24.3 Å². The van der Waals surface area contributed by atoms with E-state index in [0.29, 0.717) is 5.56 Å². The lowest BCUT2D eigenvalue weighted by molar-refractivity contribution is 0.0556. The van der Waals surface area contributed by atoms with E-state index in [1.165, 1.54) is 0 Å². The van der Waals surface area contributed by atoms with Gasteiger partial charge in [0.1, 0.15) is 0 Å². The maximum atomic E-state index is 11.6. The molecule has 0 aliphatic heterocycles. The zero-order chi connectivity index (χ0) is 14.1. The maximum absolute atomic E-state index is 11.6. The SMILES string of the molecule is C[Si](C)(C)C/C=C\C#CCOC(=O)c1ccccc1. The van der Waals surface area contributed by atoms with Crippen molar-refractivity contribution in [3.8, 4) is 11.8 Å². The van der Waals surface area contributed by atoms with Gasteiger partial charge in [0.2, 0.25) is 0 Å². The fourth-order valence-electron chi connectivity index (χ4n) is 1.33. The molecule has 1 aromatic rings. The highest BCUT2D eigenvalue weighted by Gasteiger charge is 2.08. The van der Waals surface area contributed by atoms with Gasteiger partial charge in [-0.15, -0.1) is 0 Å². The zero-order valence-corrected chi connectivity index (χ0v) is 12.8. The van der Waals surface area contributed by atoms with Gasteiger partial charge in [-0.2, -0.15) is 0 Å². The molecular weight excluding hydrogens is 252 g/mol. The molecule has 19 heavy (non-hydrogen) atoms. The molecule has 0 aliphatic rings. The van der Waals surface area contributed by atoms with E-state index in [2.05, 4.69) is 37.6 Å². The molecule has 3 heteroatoms. The second-order valence-corrected chi connectivity index (χ2v) is 11.0. The van der Waals surface area contributed by atoms with Gasteiger partial charge in [0.05, 0.1) is 5.56 Å². The highest BCUT2D eigenvalue weighted by molar-refractivity contribution is 6.76. The Bertz CT molecular complexity index is 487. The molecule has 0 amide bonds. The van der Waals surface area contributed by atoms with Gasteiger partial charge in [0.25, 0.3) is 0 Å². The number of rotatable bonds is 4. The lowest BCUT2D eigenvalue weighted by Gasteiger charge is -2.10. The Morgan fingerprint density at radius 2 is 1.95 bits per heavy atom. The molecule has 0 unspecified atom stereocenters. The molecule has 0 radical (unpaired) electrons. The summed E-state index contributed by atoms with van der Waals surface area (Å²) >= 11 is 0.